The Kier molecular flexibility index (Phi) is 5.06. The molecule has 2 saturated heterocycles. The molecule has 2 saturated carbocycles. The van der Waals surface area contributed by atoms with Crippen LogP contribution in [0.3, 0.4) is 0 Å². The number of aryl methyl sites for hydroxylation is 2. The Labute approximate surface area is 204 Å². The zero-order valence-corrected chi connectivity index (χ0v) is 19.9. The van der Waals surface area contributed by atoms with Crippen molar-refractivity contribution in [3.8, 4) is 5.75 Å². The van der Waals surface area contributed by atoms with Gasteiger partial charge in [0.1, 0.15) is 5.75 Å². The Bertz CT molecular complexity index is 1220. The number of imide groups is 1. The normalized spacial score (nSPS) is 29.3. The first-order valence-electron chi connectivity index (χ1n) is 12.4. The first kappa shape index (κ1) is 22.0. The number of hydrogen-bond acceptors (Lipinski definition) is 5. The summed E-state index contributed by atoms with van der Waals surface area (Å²) in [6, 6.07) is 12.5. The quantitative estimate of drug-likeness (QED) is 0.384. The Morgan fingerprint density at radius 2 is 1.57 bits per heavy atom. The number of carbonyl (C=O) groups excluding carboxylic acids is 4. The molecule has 35 heavy (non-hydrogen) atoms. The maximum absolute atomic E-state index is 13.0. The van der Waals surface area contributed by atoms with Gasteiger partial charge in [0.2, 0.25) is 17.7 Å². The van der Waals surface area contributed by atoms with Crippen LogP contribution >= 0.6 is 0 Å². The van der Waals surface area contributed by atoms with E-state index < -0.39 is 11.9 Å². The molecular weight excluding hydrogens is 444 g/mol. The third-order valence-corrected chi connectivity index (χ3v) is 8.35. The van der Waals surface area contributed by atoms with Crippen LogP contribution < -0.4 is 14.5 Å². The highest BCUT2D eigenvalue weighted by atomic mass is 16.5. The van der Waals surface area contributed by atoms with Crippen LogP contribution in [0.1, 0.15) is 36.8 Å². The second-order valence-electron chi connectivity index (χ2n) is 10.5. The maximum atomic E-state index is 13.0. The van der Waals surface area contributed by atoms with Gasteiger partial charge in [-0.1, -0.05) is 12.1 Å². The minimum atomic E-state index is -0.557. The van der Waals surface area contributed by atoms with E-state index in [1.54, 1.807) is 29.2 Å². The summed E-state index contributed by atoms with van der Waals surface area (Å²) in [4.78, 5) is 54.5. The molecule has 5 atom stereocenters. The van der Waals surface area contributed by atoms with E-state index in [9.17, 15) is 19.2 Å². The molecule has 2 heterocycles. The number of fused-ring (bicyclic) bond motifs is 5. The van der Waals surface area contributed by atoms with Gasteiger partial charge in [-0.25, -0.2) is 0 Å². The smallest absolute Gasteiger partial charge is 0.316 e. The largest absolute Gasteiger partial charge is 0.426 e. The molecule has 2 bridgehead atoms. The standard InChI is InChI=1S/C28H28N2O5/c1-15-3-4-16(2)22(11-15)29-14-19(13-23(29)31)28(34)35-21-9-7-20(8-10-21)30-26(32)24-17-5-6-18(12-17)25(24)27(30)33/h3-4,7-11,17-19,24-25H,5-6,12-14H2,1-2H3/t17-,18-,19+,24-,25+/m0/s1. The van der Waals surface area contributed by atoms with E-state index in [0.29, 0.717) is 23.3 Å². The second-order valence-corrected chi connectivity index (χ2v) is 10.5. The van der Waals surface area contributed by atoms with E-state index in [-0.39, 0.29) is 42.5 Å². The van der Waals surface area contributed by atoms with Crippen molar-refractivity contribution < 1.29 is 23.9 Å². The molecule has 0 N–H and O–H groups in total. The number of amides is 3. The molecule has 2 aliphatic heterocycles. The van der Waals surface area contributed by atoms with Crippen molar-refractivity contribution in [2.45, 2.75) is 39.5 Å². The number of esters is 1. The van der Waals surface area contributed by atoms with Crippen molar-refractivity contribution in [3.05, 3.63) is 53.6 Å². The second kappa shape index (κ2) is 8.04. The number of hydrogen-bond donors (Lipinski definition) is 0. The first-order valence-corrected chi connectivity index (χ1v) is 12.4. The Balaban J connectivity index is 1.13. The van der Waals surface area contributed by atoms with Gasteiger partial charge < -0.3 is 9.64 Å². The van der Waals surface area contributed by atoms with E-state index in [1.807, 2.05) is 32.0 Å². The number of anilines is 2. The summed E-state index contributed by atoms with van der Waals surface area (Å²) in [5, 5.41) is 0. The van der Waals surface area contributed by atoms with E-state index in [0.717, 1.165) is 36.1 Å². The molecule has 7 heteroatoms. The van der Waals surface area contributed by atoms with Crippen molar-refractivity contribution in [1.82, 2.24) is 0 Å². The van der Waals surface area contributed by atoms with Gasteiger partial charge in [0.15, 0.2) is 0 Å². The molecule has 180 valence electrons. The van der Waals surface area contributed by atoms with Crippen LogP contribution in [0.5, 0.6) is 5.75 Å². The average Bonchev–Trinajstić information content (AvgIpc) is 3.60. The molecular formula is C28H28N2O5. The van der Waals surface area contributed by atoms with Gasteiger partial charge in [-0.15, -0.1) is 0 Å². The fourth-order valence-electron chi connectivity index (χ4n) is 6.63. The summed E-state index contributed by atoms with van der Waals surface area (Å²) in [6.45, 7) is 4.20. The van der Waals surface area contributed by atoms with Crippen LogP contribution in [0.2, 0.25) is 0 Å². The predicted octanol–water partition coefficient (Wildman–Crippen LogP) is 3.80. The zero-order valence-electron chi connectivity index (χ0n) is 19.9. The highest BCUT2D eigenvalue weighted by Gasteiger charge is 2.61. The topological polar surface area (TPSA) is 84.0 Å². The van der Waals surface area contributed by atoms with Crippen LogP contribution in [0, 0.1) is 43.4 Å². The van der Waals surface area contributed by atoms with E-state index >= 15 is 0 Å². The average molecular weight is 473 g/mol. The molecule has 0 unspecified atom stereocenters. The van der Waals surface area contributed by atoms with Crippen LogP contribution in [0.4, 0.5) is 11.4 Å². The number of nitrogens with zero attached hydrogens (tertiary/aromatic N) is 2. The lowest BCUT2D eigenvalue weighted by atomic mass is 9.81. The first-order chi connectivity index (χ1) is 16.8. The Hall–Kier alpha value is -3.48. The lowest BCUT2D eigenvalue weighted by molar-refractivity contribution is -0.139. The van der Waals surface area contributed by atoms with Crippen molar-refractivity contribution in [3.63, 3.8) is 0 Å². The monoisotopic (exact) mass is 472 g/mol. The van der Waals surface area contributed by atoms with Crippen LogP contribution in [0.25, 0.3) is 0 Å². The molecule has 4 aliphatic rings. The highest BCUT2D eigenvalue weighted by Crippen LogP contribution is 2.56. The summed E-state index contributed by atoms with van der Waals surface area (Å²) >= 11 is 0. The molecule has 0 aromatic heterocycles. The van der Waals surface area contributed by atoms with Gasteiger partial charge in [-0.2, -0.15) is 0 Å². The van der Waals surface area contributed by atoms with Gasteiger partial charge >= 0.3 is 5.97 Å². The van der Waals surface area contributed by atoms with Gasteiger partial charge in [0.25, 0.3) is 0 Å². The van der Waals surface area contributed by atoms with Gasteiger partial charge in [-0.05, 0) is 86.4 Å². The van der Waals surface area contributed by atoms with E-state index in [2.05, 4.69) is 0 Å². The molecule has 0 spiro atoms. The number of ether oxygens (including phenoxy) is 1. The number of carbonyl (C=O) groups is 4. The molecule has 7 nitrogen and oxygen atoms in total. The van der Waals surface area contributed by atoms with Gasteiger partial charge in [0.05, 0.1) is 23.4 Å². The maximum Gasteiger partial charge on any atom is 0.316 e. The SMILES string of the molecule is Cc1ccc(C)c(N2C[C@H](C(=O)Oc3ccc(N4C(=O)[C@@H]5[C@H]6CC[C@@H](C6)[C@@H]5C4=O)cc3)CC2=O)c1. The molecule has 0 radical (unpaired) electrons. The van der Waals surface area contributed by atoms with E-state index in [4.69, 9.17) is 4.74 Å². The van der Waals surface area contributed by atoms with Crippen molar-refractivity contribution in [2.24, 2.45) is 29.6 Å². The predicted molar refractivity (Wildman–Crippen MR) is 129 cm³/mol. The Morgan fingerprint density at radius 1 is 0.914 bits per heavy atom. The molecule has 6 rings (SSSR count). The minimum absolute atomic E-state index is 0.0899. The molecule has 2 aromatic rings. The van der Waals surface area contributed by atoms with Gasteiger partial charge in [0, 0.05) is 18.7 Å². The molecule has 2 aliphatic carbocycles. The summed E-state index contributed by atoms with van der Waals surface area (Å²) in [7, 11) is 0. The van der Waals surface area contributed by atoms with E-state index in [1.165, 1.54) is 4.90 Å². The lowest BCUT2D eigenvalue weighted by Gasteiger charge is -2.19. The van der Waals surface area contributed by atoms with Crippen molar-refractivity contribution in [2.75, 3.05) is 16.3 Å². The van der Waals surface area contributed by atoms with Crippen molar-refractivity contribution >= 4 is 35.1 Å². The zero-order chi connectivity index (χ0) is 24.4. The molecule has 4 fully saturated rings. The minimum Gasteiger partial charge on any atom is -0.426 e. The summed E-state index contributed by atoms with van der Waals surface area (Å²) in [5.41, 5.74) is 3.38. The summed E-state index contributed by atoms with van der Waals surface area (Å²) in [5.74, 6) is -0.625. The third kappa shape index (κ3) is 3.48. The fourth-order valence-corrected chi connectivity index (χ4v) is 6.63. The summed E-state index contributed by atoms with van der Waals surface area (Å²) < 4.78 is 5.57. The lowest BCUT2D eigenvalue weighted by Crippen LogP contribution is -2.32. The van der Waals surface area contributed by atoms with Crippen LogP contribution in [0.15, 0.2) is 42.5 Å². The highest BCUT2D eigenvalue weighted by molar-refractivity contribution is 6.22. The molecule has 2 aromatic carbocycles. The third-order valence-electron chi connectivity index (χ3n) is 8.35. The Morgan fingerprint density at radius 3 is 2.23 bits per heavy atom. The molecule has 3 amide bonds. The number of benzene rings is 2. The number of rotatable bonds is 4. The summed E-state index contributed by atoms with van der Waals surface area (Å²) in [6.07, 6.45) is 3.18. The van der Waals surface area contributed by atoms with Crippen molar-refractivity contribution in [1.29, 1.82) is 0 Å². The fraction of sp³-hybridized carbons (Fsp3) is 0.429. The van der Waals surface area contributed by atoms with Crippen LogP contribution in [-0.2, 0) is 19.2 Å². The van der Waals surface area contributed by atoms with Gasteiger partial charge in [-0.3, -0.25) is 24.1 Å². The van der Waals surface area contributed by atoms with Crippen LogP contribution in [-0.4, -0.2) is 30.2 Å².